The molecule has 0 spiro atoms. The zero-order valence-electron chi connectivity index (χ0n) is 6.88. The van der Waals surface area contributed by atoms with Gasteiger partial charge in [-0.2, -0.15) is 0 Å². The van der Waals surface area contributed by atoms with Crippen LogP contribution in [0.3, 0.4) is 0 Å². The molecule has 0 radical (unpaired) electrons. The zero-order valence-corrected chi connectivity index (χ0v) is 6.88. The molecule has 0 fully saturated rings. The van der Waals surface area contributed by atoms with Gasteiger partial charge in [0.05, 0.1) is 0 Å². The molecule has 1 unspecified atom stereocenters. The third kappa shape index (κ3) is 2.02. The first kappa shape index (κ1) is 11.1. The van der Waals surface area contributed by atoms with E-state index in [0.717, 1.165) is 0 Å². The summed E-state index contributed by atoms with van der Waals surface area (Å²) >= 11 is 0. The van der Waals surface area contributed by atoms with Crippen LogP contribution in [0, 0.1) is 0 Å². The number of carboxylic acids is 1. The molecule has 0 aromatic rings. The summed E-state index contributed by atoms with van der Waals surface area (Å²) in [6.07, 6.45) is 1.40. The van der Waals surface area contributed by atoms with Crippen molar-refractivity contribution in [3.8, 4) is 0 Å². The summed E-state index contributed by atoms with van der Waals surface area (Å²) < 4.78 is 12.3. The second-order valence-corrected chi connectivity index (χ2v) is 2.53. The number of alkyl halides is 1. The Kier molecular flexibility index (Phi) is 3.85. The fourth-order valence-electron chi connectivity index (χ4n) is 0.690. The molecule has 0 amide bonds. The molecule has 12 heavy (non-hydrogen) atoms. The molecule has 0 aliphatic rings. The topological polar surface area (TPSA) is 89.3 Å². The first-order valence-electron chi connectivity index (χ1n) is 3.44. The van der Waals surface area contributed by atoms with E-state index in [1.54, 1.807) is 0 Å². The Morgan fingerprint density at radius 1 is 1.75 bits per heavy atom. The lowest BCUT2D eigenvalue weighted by Gasteiger charge is -2.21. The summed E-state index contributed by atoms with van der Waals surface area (Å²) in [4.78, 5) is 10.5. The van der Waals surface area contributed by atoms with Crippen molar-refractivity contribution in [1.82, 2.24) is 0 Å². The number of rotatable bonds is 4. The minimum absolute atomic E-state index is 0.151. The molecule has 0 bridgehead atoms. The Morgan fingerprint density at radius 2 is 2.25 bits per heavy atom. The SMILES string of the molecule is C/C(=C\CN)C(N)(CF)C(=O)O. The van der Waals surface area contributed by atoms with Gasteiger partial charge in [-0.3, -0.25) is 0 Å². The molecular weight excluding hydrogens is 163 g/mol. The minimum Gasteiger partial charge on any atom is -0.480 e. The number of carboxylic acid groups (broad SMARTS) is 1. The number of hydrogen-bond donors (Lipinski definition) is 3. The number of carbonyl (C=O) groups is 1. The number of nitrogens with two attached hydrogens (primary N) is 2. The number of aliphatic carboxylic acids is 1. The summed E-state index contributed by atoms with van der Waals surface area (Å²) in [6, 6.07) is 0. The summed E-state index contributed by atoms with van der Waals surface area (Å²) in [5.74, 6) is -1.38. The van der Waals surface area contributed by atoms with Crippen LogP contribution in [-0.2, 0) is 4.79 Å². The van der Waals surface area contributed by atoms with E-state index < -0.39 is 18.2 Å². The van der Waals surface area contributed by atoms with Gasteiger partial charge in [0.15, 0.2) is 5.54 Å². The molecule has 0 saturated heterocycles. The third-order valence-electron chi connectivity index (χ3n) is 1.72. The Labute approximate surface area is 70.0 Å². The van der Waals surface area contributed by atoms with Crippen LogP contribution in [0.4, 0.5) is 4.39 Å². The molecule has 5 heteroatoms. The molecule has 0 heterocycles. The quantitative estimate of drug-likeness (QED) is 0.510. The number of hydrogen-bond acceptors (Lipinski definition) is 3. The van der Waals surface area contributed by atoms with Gasteiger partial charge in [0.2, 0.25) is 0 Å². The fraction of sp³-hybridized carbons (Fsp3) is 0.571. The van der Waals surface area contributed by atoms with Crippen molar-refractivity contribution in [1.29, 1.82) is 0 Å². The second-order valence-electron chi connectivity index (χ2n) is 2.53. The predicted molar refractivity (Wildman–Crippen MR) is 43.3 cm³/mol. The van der Waals surface area contributed by atoms with E-state index in [1.807, 2.05) is 0 Å². The summed E-state index contributed by atoms with van der Waals surface area (Å²) in [5, 5.41) is 8.58. The van der Waals surface area contributed by atoms with Gasteiger partial charge in [-0.05, 0) is 12.5 Å². The summed E-state index contributed by atoms with van der Waals surface area (Å²) in [7, 11) is 0. The Bertz CT molecular complexity index is 206. The van der Waals surface area contributed by atoms with Gasteiger partial charge < -0.3 is 16.6 Å². The normalized spacial score (nSPS) is 17.2. The molecule has 0 saturated carbocycles. The molecule has 0 rings (SSSR count). The summed E-state index contributed by atoms with van der Waals surface area (Å²) in [6.45, 7) is 0.462. The maximum absolute atomic E-state index is 12.3. The van der Waals surface area contributed by atoms with Crippen LogP contribution < -0.4 is 11.5 Å². The lowest BCUT2D eigenvalue weighted by molar-refractivity contribution is -0.142. The van der Waals surface area contributed by atoms with Gasteiger partial charge in [-0.15, -0.1) is 0 Å². The minimum atomic E-state index is -1.92. The zero-order chi connectivity index (χ0) is 9.78. The molecule has 0 aromatic heterocycles. The van der Waals surface area contributed by atoms with Gasteiger partial charge in [0.1, 0.15) is 6.67 Å². The maximum Gasteiger partial charge on any atom is 0.330 e. The van der Waals surface area contributed by atoms with E-state index in [-0.39, 0.29) is 12.1 Å². The van der Waals surface area contributed by atoms with Crippen LogP contribution in [0.2, 0.25) is 0 Å². The van der Waals surface area contributed by atoms with E-state index in [0.29, 0.717) is 0 Å². The lowest BCUT2D eigenvalue weighted by Crippen LogP contribution is -2.51. The number of halogens is 1. The van der Waals surface area contributed by atoms with Gasteiger partial charge in [0, 0.05) is 6.54 Å². The largest absolute Gasteiger partial charge is 0.480 e. The van der Waals surface area contributed by atoms with Crippen LogP contribution in [0.1, 0.15) is 6.92 Å². The van der Waals surface area contributed by atoms with Gasteiger partial charge in [0.25, 0.3) is 0 Å². The van der Waals surface area contributed by atoms with Crippen molar-refractivity contribution in [3.05, 3.63) is 11.6 Å². The fourth-order valence-corrected chi connectivity index (χ4v) is 0.690. The first-order chi connectivity index (χ1) is 5.49. The molecule has 4 nitrogen and oxygen atoms in total. The molecular formula is C7H13FN2O2. The van der Waals surface area contributed by atoms with Crippen LogP contribution in [0.25, 0.3) is 0 Å². The second kappa shape index (κ2) is 4.18. The lowest BCUT2D eigenvalue weighted by atomic mass is 9.93. The standard InChI is InChI=1S/C7H13FN2O2/c1-5(2-3-9)7(10,4-8)6(11)12/h2H,3-4,9-10H2,1H3,(H,11,12)/b5-2+. The Balaban J connectivity index is 4.75. The Morgan fingerprint density at radius 3 is 2.50 bits per heavy atom. The molecule has 0 aliphatic carbocycles. The average molecular weight is 176 g/mol. The van der Waals surface area contributed by atoms with E-state index in [2.05, 4.69) is 0 Å². The van der Waals surface area contributed by atoms with Crippen LogP contribution in [0.5, 0.6) is 0 Å². The predicted octanol–water partition coefficient (Wildman–Crippen LogP) is -0.357. The van der Waals surface area contributed by atoms with Crippen molar-refractivity contribution in [2.24, 2.45) is 11.5 Å². The third-order valence-corrected chi connectivity index (χ3v) is 1.72. The van der Waals surface area contributed by atoms with Crippen LogP contribution in [0.15, 0.2) is 11.6 Å². The van der Waals surface area contributed by atoms with Gasteiger partial charge >= 0.3 is 5.97 Å². The molecule has 0 aromatic carbocycles. The average Bonchev–Trinajstić information content (AvgIpc) is 2.03. The molecule has 5 N–H and O–H groups in total. The highest BCUT2D eigenvalue weighted by Crippen LogP contribution is 2.14. The highest BCUT2D eigenvalue weighted by molar-refractivity contribution is 5.82. The first-order valence-corrected chi connectivity index (χ1v) is 3.44. The van der Waals surface area contributed by atoms with E-state index in [9.17, 15) is 9.18 Å². The van der Waals surface area contributed by atoms with Crippen molar-refractivity contribution in [3.63, 3.8) is 0 Å². The smallest absolute Gasteiger partial charge is 0.330 e. The Hall–Kier alpha value is -0.940. The molecule has 0 aliphatic heterocycles. The van der Waals surface area contributed by atoms with E-state index >= 15 is 0 Å². The van der Waals surface area contributed by atoms with E-state index in [4.69, 9.17) is 16.6 Å². The van der Waals surface area contributed by atoms with Crippen LogP contribution in [-0.4, -0.2) is 29.8 Å². The molecule has 70 valence electrons. The monoisotopic (exact) mass is 176 g/mol. The van der Waals surface area contributed by atoms with Gasteiger partial charge in [-0.25, -0.2) is 9.18 Å². The van der Waals surface area contributed by atoms with Crippen LogP contribution >= 0.6 is 0 Å². The highest BCUT2D eigenvalue weighted by Gasteiger charge is 2.35. The maximum atomic E-state index is 12.3. The van der Waals surface area contributed by atoms with Crippen molar-refractivity contribution in [2.75, 3.05) is 13.2 Å². The molecule has 1 atom stereocenters. The van der Waals surface area contributed by atoms with Crippen molar-refractivity contribution >= 4 is 5.97 Å². The highest BCUT2D eigenvalue weighted by atomic mass is 19.1. The van der Waals surface area contributed by atoms with Gasteiger partial charge in [-0.1, -0.05) is 6.08 Å². The van der Waals surface area contributed by atoms with Crippen molar-refractivity contribution < 1.29 is 14.3 Å². The summed E-state index contributed by atoms with van der Waals surface area (Å²) in [5.41, 5.74) is 8.72. The van der Waals surface area contributed by atoms with Crippen molar-refractivity contribution in [2.45, 2.75) is 12.5 Å². The van der Waals surface area contributed by atoms with E-state index in [1.165, 1.54) is 13.0 Å².